The molecule has 0 bridgehead atoms. The molecule has 4 rings (SSSR count). The van der Waals surface area contributed by atoms with Crippen molar-refractivity contribution >= 4 is 11.6 Å². The van der Waals surface area contributed by atoms with Gasteiger partial charge in [-0.2, -0.15) is 0 Å². The van der Waals surface area contributed by atoms with Crippen LogP contribution < -0.4 is 5.32 Å². The quantitative estimate of drug-likeness (QED) is 0.914. The summed E-state index contributed by atoms with van der Waals surface area (Å²) in [4.78, 5) is 15.4. The smallest absolute Gasteiger partial charge is 0.229 e. The Bertz CT molecular complexity index is 750. The number of nitrogens with zero attached hydrogens (tertiary/aromatic N) is 1. The van der Waals surface area contributed by atoms with Crippen molar-refractivity contribution in [3.05, 3.63) is 54.0 Å². The second-order valence-electron chi connectivity index (χ2n) is 7.56. The van der Waals surface area contributed by atoms with Gasteiger partial charge in [0.05, 0.1) is 12.5 Å². The number of amides is 1. The molecule has 1 aromatic heterocycles. The van der Waals surface area contributed by atoms with Crippen molar-refractivity contribution in [2.75, 3.05) is 31.6 Å². The van der Waals surface area contributed by atoms with E-state index < -0.39 is 0 Å². The number of rotatable bonds is 4. The Morgan fingerprint density at radius 1 is 1.19 bits per heavy atom. The molecule has 1 unspecified atom stereocenters. The zero-order chi connectivity index (χ0) is 18.0. The lowest BCUT2D eigenvalue weighted by Crippen LogP contribution is -2.42. The van der Waals surface area contributed by atoms with E-state index in [4.69, 9.17) is 9.15 Å². The standard InChI is InChI=1S/C21H26N2O3/c1-16-7-8-18(26-16)13-23-14-19(21(15-23)9-11-25-12-10-21)20(24)22-17-5-3-2-4-6-17/h2-8,19H,9-15H2,1H3,(H,22,24). The summed E-state index contributed by atoms with van der Waals surface area (Å²) >= 11 is 0. The monoisotopic (exact) mass is 354 g/mol. The highest BCUT2D eigenvalue weighted by molar-refractivity contribution is 5.93. The number of anilines is 1. The molecular formula is C21H26N2O3. The molecule has 2 aliphatic heterocycles. The molecule has 1 atom stereocenters. The lowest BCUT2D eigenvalue weighted by molar-refractivity contribution is -0.124. The Hall–Kier alpha value is -2.11. The van der Waals surface area contributed by atoms with Crippen LogP contribution in [0, 0.1) is 18.3 Å². The summed E-state index contributed by atoms with van der Waals surface area (Å²) in [6.45, 7) is 5.88. The number of nitrogens with one attached hydrogen (secondary N) is 1. The van der Waals surface area contributed by atoms with Gasteiger partial charge in [0.2, 0.25) is 5.91 Å². The van der Waals surface area contributed by atoms with Crippen molar-refractivity contribution in [2.24, 2.45) is 11.3 Å². The second kappa shape index (κ2) is 7.25. The Balaban J connectivity index is 1.51. The minimum atomic E-state index is -0.0253. The molecule has 3 heterocycles. The zero-order valence-electron chi connectivity index (χ0n) is 15.2. The highest BCUT2D eigenvalue weighted by atomic mass is 16.5. The maximum Gasteiger partial charge on any atom is 0.229 e. The van der Waals surface area contributed by atoms with Crippen LogP contribution in [0.3, 0.4) is 0 Å². The Kier molecular flexibility index (Phi) is 4.83. The van der Waals surface area contributed by atoms with Gasteiger partial charge in [0.25, 0.3) is 0 Å². The SMILES string of the molecule is Cc1ccc(CN2CC(C(=O)Nc3ccccc3)C3(CCOCC3)C2)o1. The van der Waals surface area contributed by atoms with Gasteiger partial charge in [-0.1, -0.05) is 18.2 Å². The number of para-hydroxylation sites is 1. The molecule has 0 saturated carbocycles. The van der Waals surface area contributed by atoms with Crippen molar-refractivity contribution in [1.29, 1.82) is 0 Å². The molecule has 1 amide bonds. The molecule has 138 valence electrons. The minimum absolute atomic E-state index is 0.00124. The molecule has 5 heteroatoms. The van der Waals surface area contributed by atoms with Crippen LogP contribution >= 0.6 is 0 Å². The summed E-state index contributed by atoms with van der Waals surface area (Å²) in [5.41, 5.74) is 0.860. The predicted molar refractivity (Wildman–Crippen MR) is 99.8 cm³/mol. The van der Waals surface area contributed by atoms with Gasteiger partial charge in [0, 0.05) is 37.4 Å². The van der Waals surface area contributed by atoms with Crippen molar-refractivity contribution in [3.8, 4) is 0 Å². The van der Waals surface area contributed by atoms with E-state index in [-0.39, 0.29) is 17.2 Å². The fraction of sp³-hybridized carbons (Fsp3) is 0.476. The van der Waals surface area contributed by atoms with Gasteiger partial charge in [0.15, 0.2) is 0 Å². The van der Waals surface area contributed by atoms with E-state index in [1.165, 1.54) is 0 Å². The first-order chi connectivity index (χ1) is 12.6. The van der Waals surface area contributed by atoms with Crippen molar-refractivity contribution in [2.45, 2.75) is 26.3 Å². The number of carbonyl (C=O) groups excluding carboxylic acids is 1. The summed E-state index contributed by atoms with van der Waals surface area (Å²) in [5, 5.41) is 3.11. The van der Waals surface area contributed by atoms with Crippen molar-refractivity contribution in [1.82, 2.24) is 4.90 Å². The summed E-state index contributed by atoms with van der Waals surface area (Å²) in [6.07, 6.45) is 1.88. The fourth-order valence-electron chi connectivity index (χ4n) is 4.38. The number of ether oxygens (including phenoxy) is 1. The number of hydrogen-bond acceptors (Lipinski definition) is 4. The largest absolute Gasteiger partial charge is 0.465 e. The normalized spacial score (nSPS) is 22.6. The van der Waals surface area contributed by atoms with Crippen LogP contribution in [0.25, 0.3) is 0 Å². The van der Waals surface area contributed by atoms with E-state index in [1.807, 2.05) is 49.4 Å². The number of carbonyl (C=O) groups is 1. The Morgan fingerprint density at radius 3 is 2.65 bits per heavy atom. The van der Waals surface area contributed by atoms with Gasteiger partial charge in [-0.3, -0.25) is 9.69 Å². The van der Waals surface area contributed by atoms with Crippen LogP contribution in [0.1, 0.15) is 24.4 Å². The van der Waals surface area contributed by atoms with Crippen LogP contribution in [0.2, 0.25) is 0 Å². The number of furan rings is 1. The van der Waals surface area contributed by atoms with E-state index in [2.05, 4.69) is 10.2 Å². The molecular weight excluding hydrogens is 328 g/mol. The number of hydrogen-bond donors (Lipinski definition) is 1. The molecule has 2 aliphatic rings. The molecule has 1 aromatic carbocycles. The molecule has 0 radical (unpaired) electrons. The fourth-order valence-corrected chi connectivity index (χ4v) is 4.38. The molecule has 5 nitrogen and oxygen atoms in total. The van der Waals surface area contributed by atoms with E-state index in [0.29, 0.717) is 0 Å². The average molecular weight is 354 g/mol. The molecule has 0 aliphatic carbocycles. The third-order valence-electron chi connectivity index (χ3n) is 5.74. The molecule has 2 aromatic rings. The van der Waals surface area contributed by atoms with Gasteiger partial charge >= 0.3 is 0 Å². The van der Waals surface area contributed by atoms with E-state index in [9.17, 15) is 4.79 Å². The maximum absolute atomic E-state index is 13.1. The number of aryl methyl sites for hydroxylation is 1. The van der Waals surface area contributed by atoms with E-state index in [0.717, 1.165) is 62.9 Å². The Labute approximate surface area is 154 Å². The van der Waals surface area contributed by atoms with Crippen LogP contribution in [-0.4, -0.2) is 37.1 Å². The van der Waals surface area contributed by atoms with Crippen LogP contribution in [0.15, 0.2) is 46.9 Å². The third-order valence-corrected chi connectivity index (χ3v) is 5.74. The minimum Gasteiger partial charge on any atom is -0.465 e. The second-order valence-corrected chi connectivity index (χ2v) is 7.56. The van der Waals surface area contributed by atoms with Crippen molar-refractivity contribution in [3.63, 3.8) is 0 Å². The summed E-state index contributed by atoms with van der Waals surface area (Å²) in [7, 11) is 0. The first kappa shape index (κ1) is 17.3. The van der Waals surface area contributed by atoms with Gasteiger partial charge in [-0.25, -0.2) is 0 Å². The predicted octanol–water partition coefficient (Wildman–Crippen LogP) is 3.46. The highest BCUT2D eigenvalue weighted by Crippen LogP contribution is 2.45. The zero-order valence-corrected chi connectivity index (χ0v) is 15.2. The maximum atomic E-state index is 13.1. The molecule has 1 N–H and O–H groups in total. The molecule has 1 spiro atoms. The lowest BCUT2D eigenvalue weighted by atomic mass is 9.71. The first-order valence-electron chi connectivity index (χ1n) is 9.36. The molecule has 2 fully saturated rings. The molecule has 2 saturated heterocycles. The summed E-state index contributed by atoms with van der Waals surface area (Å²) in [6, 6.07) is 13.7. The van der Waals surface area contributed by atoms with Gasteiger partial charge in [-0.15, -0.1) is 0 Å². The van der Waals surface area contributed by atoms with E-state index >= 15 is 0 Å². The molecule has 26 heavy (non-hydrogen) atoms. The highest BCUT2D eigenvalue weighted by Gasteiger charge is 2.50. The summed E-state index contributed by atoms with van der Waals surface area (Å²) in [5.74, 6) is 1.99. The first-order valence-corrected chi connectivity index (χ1v) is 9.36. The van der Waals surface area contributed by atoms with Gasteiger partial charge < -0.3 is 14.5 Å². The van der Waals surface area contributed by atoms with Crippen molar-refractivity contribution < 1.29 is 13.9 Å². The lowest BCUT2D eigenvalue weighted by Gasteiger charge is -2.37. The topological polar surface area (TPSA) is 54.7 Å². The third kappa shape index (κ3) is 3.55. The number of likely N-dealkylation sites (tertiary alicyclic amines) is 1. The average Bonchev–Trinajstić information content (AvgIpc) is 3.20. The number of benzene rings is 1. The Morgan fingerprint density at radius 2 is 1.96 bits per heavy atom. The van der Waals surface area contributed by atoms with Crippen LogP contribution in [0.5, 0.6) is 0 Å². The van der Waals surface area contributed by atoms with Crippen LogP contribution in [-0.2, 0) is 16.1 Å². The van der Waals surface area contributed by atoms with Gasteiger partial charge in [0.1, 0.15) is 11.5 Å². The van der Waals surface area contributed by atoms with E-state index in [1.54, 1.807) is 0 Å². The summed E-state index contributed by atoms with van der Waals surface area (Å²) < 4.78 is 11.3. The van der Waals surface area contributed by atoms with Gasteiger partial charge in [-0.05, 0) is 44.0 Å². The van der Waals surface area contributed by atoms with Crippen LogP contribution in [0.4, 0.5) is 5.69 Å².